The molecule has 4 rings (SSSR count). The van der Waals surface area contributed by atoms with Crippen molar-refractivity contribution in [1.29, 1.82) is 0 Å². The van der Waals surface area contributed by atoms with E-state index in [4.69, 9.17) is 4.74 Å². The second-order valence-corrected chi connectivity index (χ2v) is 8.67. The first-order valence-electron chi connectivity index (χ1n) is 10.4. The maximum Gasteiger partial charge on any atom is 0.226 e. The van der Waals surface area contributed by atoms with Gasteiger partial charge in [0.15, 0.2) is 0 Å². The van der Waals surface area contributed by atoms with Crippen LogP contribution in [0, 0.1) is 0 Å². The summed E-state index contributed by atoms with van der Waals surface area (Å²) in [7, 11) is 0. The highest BCUT2D eigenvalue weighted by Crippen LogP contribution is 2.25. The van der Waals surface area contributed by atoms with Gasteiger partial charge in [-0.25, -0.2) is 4.98 Å². The van der Waals surface area contributed by atoms with Crippen molar-refractivity contribution in [2.45, 2.75) is 51.1 Å². The van der Waals surface area contributed by atoms with Gasteiger partial charge in [-0.05, 0) is 18.4 Å². The summed E-state index contributed by atoms with van der Waals surface area (Å²) in [6.45, 7) is 4.62. The highest BCUT2D eigenvalue weighted by molar-refractivity contribution is 7.13. The van der Waals surface area contributed by atoms with Crippen molar-refractivity contribution in [3.63, 3.8) is 0 Å². The second kappa shape index (κ2) is 9.63. The van der Waals surface area contributed by atoms with Gasteiger partial charge < -0.3 is 10.1 Å². The number of nitrogens with zero attached hydrogens (tertiary/aromatic N) is 2. The fourth-order valence-corrected chi connectivity index (χ4v) is 4.81. The van der Waals surface area contributed by atoms with Gasteiger partial charge in [0.2, 0.25) is 5.91 Å². The first kappa shape index (κ1) is 19.6. The highest BCUT2D eigenvalue weighted by Gasteiger charge is 2.17. The van der Waals surface area contributed by atoms with Gasteiger partial charge in [-0.1, -0.05) is 43.5 Å². The van der Waals surface area contributed by atoms with Crippen LogP contribution in [0.1, 0.15) is 43.4 Å². The average molecular weight is 400 g/mol. The summed E-state index contributed by atoms with van der Waals surface area (Å²) in [5.41, 5.74) is 3.30. The molecule has 1 N–H and O–H groups in total. The van der Waals surface area contributed by atoms with E-state index in [0.717, 1.165) is 62.0 Å². The van der Waals surface area contributed by atoms with E-state index in [0.29, 0.717) is 12.5 Å². The Morgan fingerprint density at radius 2 is 1.89 bits per heavy atom. The molecule has 2 fully saturated rings. The SMILES string of the molecule is O=C(Cc1csc(-c2ccc(CN3CCOCC3)cc2)n1)NC1CCCCC1. The van der Waals surface area contributed by atoms with Crippen molar-refractivity contribution in [1.82, 2.24) is 15.2 Å². The number of rotatable bonds is 6. The Hall–Kier alpha value is -1.76. The van der Waals surface area contributed by atoms with Crippen LogP contribution in [0.5, 0.6) is 0 Å². The zero-order chi connectivity index (χ0) is 19.2. The summed E-state index contributed by atoms with van der Waals surface area (Å²) in [5.74, 6) is 0.101. The molecule has 2 aliphatic rings. The fraction of sp³-hybridized carbons (Fsp3) is 0.545. The molecule has 1 amide bonds. The molecule has 5 nitrogen and oxygen atoms in total. The molecule has 150 valence electrons. The standard InChI is InChI=1S/C22H29N3O2S/c26-21(23-19-4-2-1-3-5-19)14-20-16-28-22(24-20)18-8-6-17(7-9-18)15-25-10-12-27-13-11-25/h6-9,16,19H,1-5,10-15H2,(H,23,26). The van der Waals surface area contributed by atoms with Gasteiger partial charge >= 0.3 is 0 Å². The third-order valence-electron chi connectivity index (χ3n) is 5.57. The van der Waals surface area contributed by atoms with Crippen LogP contribution < -0.4 is 5.32 Å². The van der Waals surface area contributed by atoms with E-state index < -0.39 is 0 Å². The number of benzene rings is 1. The maximum atomic E-state index is 12.3. The van der Waals surface area contributed by atoms with Crippen molar-refractivity contribution in [2.24, 2.45) is 0 Å². The number of amides is 1. The summed E-state index contributed by atoms with van der Waals surface area (Å²) in [5, 5.41) is 6.17. The molecule has 28 heavy (non-hydrogen) atoms. The lowest BCUT2D eigenvalue weighted by Gasteiger charge is -2.26. The Bertz CT molecular complexity index is 762. The first-order valence-corrected chi connectivity index (χ1v) is 11.3. The Morgan fingerprint density at radius 3 is 2.64 bits per heavy atom. The number of ether oxygens (including phenoxy) is 1. The van der Waals surface area contributed by atoms with Crippen molar-refractivity contribution in [2.75, 3.05) is 26.3 Å². The zero-order valence-electron chi connectivity index (χ0n) is 16.4. The molecule has 1 aromatic carbocycles. The third-order valence-corrected chi connectivity index (χ3v) is 6.51. The van der Waals surface area contributed by atoms with Gasteiger partial charge in [0.25, 0.3) is 0 Å². The summed E-state index contributed by atoms with van der Waals surface area (Å²) in [4.78, 5) is 19.4. The van der Waals surface area contributed by atoms with Crippen molar-refractivity contribution in [3.05, 3.63) is 40.9 Å². The molecule has 0 atom stereocenters. The molecule has 1 aliphatic carbocycles. The number of hydrogen-bond donors (Lipinski definition) is 1. The monoisotopic (exact) mass is 399 g/mol. The van der Waals surface area contributed by atoms with Crippen LogP contribution in [0.2, 0.25) is 0 Å². The smallest absolute Gasteiger partial charge is 0.226 e. The normalized spacial score (nSPS) is 18.9. The fourth-order valence-electron chi connectivity index (χ4n) is 3.98. The van der Waals surface area contributed by atoms with Crippen LogP contribution >= 0.6 is 11.3 Å². The molecule has 0 unspecified atom stereocenters. The minimum absolute atomic E-state index is 0.101. The molecular weight excluding hydrogens is 370 g/mol. The van der Waals surface area contributed by atoms with E-state index in [1.54, 1.807) is 11.3 Å². The quantitative estimate of drug-likeness (QED) is 0.806. The first-order chi connectivity index (χ1) is 13.8. The molecule has 6 heteroatoms. The van der Waals surface area contributed by atoms with Crippen LogP contribution in [0.15, 0.2) is 29.6 Å². The number of morpholine rings is 1. The number of hydrogen-bond acceptors (Lipinski definition) is 5. The lowest BCUT2D eigenvalue weighted by molar-refractivity contribution is -0.121. The van der Waals surface area contributed by atoms with Crippen molar-refractivity contribution < 1.29 is 9.53 Å². The van der Waals surface area contributed by atoms with Gasteiger partial charge in [-0.15, -0.1) is 11.3 Å². The molecule has 1 saturated carbocycles. The van der Waals surface area contributed by atoms with Crippen LogP contribution in [0.3, 0.4) is 0 Å². The van der Waals surface area contributed by atoms with Gasteiger partial charge in [-0.3, -0.25) is 9.69 Å². The van der Waals surface area contributed by atoms with Crippen molar-refractivity contribution in [3.8, 4) is 10.6 Å². The molecule has 1 aromatic heterocycles. The predicted octanol–water partition coefficient (Wildman–Crippen LogP) is 3.63. The summed E-state index contributed by atoms with van der Waals surface area (Å²) in [6.07, 6.45) is 6.37. The Morgan fingerprint density at radius 1 is 1.14 bits per heavy atom. The second-order valence-electron chi connectivity index (χ2n) is 7.81. The van der Waals surface area contributed by atoms with Crippen molar-refractivity contribution >= 4 is 17.2 Å². The highest BCUT2D eigenvalue weighted by atomic mass is 32.1. The molecule has 0 spiro atoms. The van der Waals surface area contributed by atoms with Crippen LogP contribution in [-0.4, -0.2) is 48.1 Å². The Kier molecular flexibility index (Phi) is 6.73. The topological polar surface area (TPSA) is 54.5 Å². The van der Waals surface area contributed by atoms with E-state index in [1.807, 2.05) is 5.38 Å². The lowest BCUT2D eigenvalue weighted by Crippen LogP contribution is -2.37. The van der Waals surface area contributed by atoms with Gasteiger partial charge in [0.05, 0.1) is 25.3 Å². The van der Waals surface area contributed by atoms with Gasteiger partial charge in [0.1, 0.15) is 5.01 Å². The minimum Gasteiger partial charge on any atom is -0.379 e. The molecule has 0 radical (unpaired) electrons. The summed E-state index contributed by atoms with van der Waals surface area (Å²) in [6, 6.07) is 9.00. The maximum absolute atomic E-state index is 12.3. The minimum atomic E-state index is 0.101. The number of thiazole rings is 1. The summed E-state index contributed by atoms with van der Waals surface area (Å²) >= 11 is 1.61. The van der Waals surface area contributed by atoms with E-state index in [-0.39, 0.29) is 5.91 Å². The number of aromatic nitrogens is 1. The van der Waals surface area contributed by atoms with Crippen LogP contribution in [0.4, 0.5) is 0 Å². The number of carbonyl (C=O) groups excluding carboxylic acids is 1. The van der Waals surface area contributed by atoms with E-state index in [1.165, 1.54) is 24.8 Å². The zero-order valence-corrected chi connectivity index (χ0v) is 17.2. The molecular formula is C22H29N3O2S. The van der Waals surface area contributed by atoms with Crippen LogP contribution in [0.25, 0.3) is 10.6 Å². The predicted molar refractivity (Wildman–Crippen MR) is 112 cm³/mol. The van der Waals surface area contributed by atoms with Crippen LogP contribution in [-0.2, 0) is 22.5 Å². The summed E-state index contributed by atoms with van der Waals surface area (Å²) < 4.78 is 5.41. The molecule has 2 heterocycles. The third kappa shape index (κ3) is 5.40. The molecule has 2 aromatic rings. The Labute approximate surface area is 171 Å². The van der Waals surface area contributed by atoms with E-state index in [2.05, 4.69) is 39.5 Å². The molecule has 1 saturated heterocycles. The number of nitrogens with one attached hydrogen (secondary N) is 1. The Balaban J connectivity index is 1.31. The number of carbonyl (C=O) groups is 1. The van der Waals surface area contributed by atoms with Gasteiger partial charge in [0, 0.05) is 36.6 Å². The average Bonchev–Trinajstić information content (AvgIpc) is 3.18. The van der Waals surface area contributed by atoms with E-state index in [9.17, 15) is 4.79 Å². The van der Waals surface area contributed by atoms with Gasteiger partial charge in [-0.2, -0.15) is 0 Å². The lowest BCUT2D eigenvalue weighted by atomic mass is 9.95. The molecule has 0 bridgehead atoms. The largest absolute Gasteiger partial charge is 0.379 e. The molecule has 1 aliphatic heterocycles. The van der Waals surface area contributed by atoms with E-state index >= 15 is 0 Å².